The Bertz CT molecular complexity index is 979. The quantitative estimate of drug-likeness (QED) is 0.652. The molecule has 3 rings (SSSR count). The number of nitrogens with one attached hydrogen (secondary N) is 1. The largest absolute Gasteiger partial charge is 0.435 e. The van der Waals surface area contributed by atoms with E-state index in [-0.39, 0.29) is 17.9 Å². The minimum atomic E-state index is -4.59. The number of hydroxylamine groups is 1. The standard InChI is InChI=1S/C20H18F3N3O2/c1-3-28-25-19(27)15-5-4-6-16(11-15)26-17(12-18(24-26)20(21,22)23)14-9-7-13(2)8-10-14/h4-12H,3H2,1-2H3,(H,25,27). The molecule has 0 aliphatic carbocycles. The second kappa shape index (κ2) is 7.85. The summed E-state index contributed by atoms with van der Waals surface area (Å²) in [5, 5.41) is 3.74. The summed E-state index contributed by atoms with van der Waals surface area (Å²) in [5.74, 6) is -0.496. The maximum Gasteiger partial charge on any atom is 0.435 e. The van der Waals surface area contributed by atoms with Gasteiger partial charge in [-0.2, -0.15) is 18.3 Å². The van der Waals surface area contributed by atoms with Crippen molar-refractivity contribution in [2.45, 2.75) is 20.0 Å². The molecule has 1 amide bonds. The number of hydrogen-bond donors (Lipinski definition) is 1. The van der Waals surface area contributed by atoms with Crippen LogP contribution in [0.5, 0.6) is 0 Å². The summed E-state index contributed by atoms with van der Waals surface area (Å²) in [6.07, 6.45) is -4.59. The van der Waals surface area contributed by atoms with Gasteiger partial charge in [-0.1, -0.05) is 35.9 Å². The van der Waals surface area contributed by atoms with Crippen LogP contribution in [0.1, 0.15) is 28.5 Å². The zero-order valence-electron chi connectivity index (χ0n) is 15.2. The van der Waals surface area contributed by atoms with Crippen LogP contribution in [0.2, 0.25) is 0 Å². The second-order valence-corrected chi connectivity index (χ2v) is 6.10. The Labute approximate surface area is 159 Å². The van der Waals surface area contributed by atoms with Crippen LogP contribution < -0.4 is 5.48 Å². The lowest BCUT2D eigenvalue weighted by Gasteiger charge is -2.10. The summed E-state index contributed by atoms with van der Waals surface area (Å²) < 4.78 is 41.0. The van der Waals surface area contributed by atoms with Gasteiger partial charge in [-0.15, -0.1) is 0 Å². The molecule has 0 aliphatic heterocycles. The Morgan fingerprint density at radius 2 is 1.86 bits per heavy atom. The van der Waals surface area contributed by atoms with Crippen LogP contribution in [0, 0.1) is 6.92 Å². The number of carbonyl (C=O) groups excluding carboxylic acids is 1. The Morgan fingerprint density at radius 3 is 2.50 bits per heavy atom. The van der Waals surface area contributed by atoms with Gasteiger partial charge in [-0.3, -0.25) is 9.63 Å². The minimum absolute atomic E-state index is 0.241. The van der Waals surface area contributed by atoms with Gasteiger partial charge in [0.2, 0.25) is 0 Å². The molecule has 5 nitrogen and oxygen atoms in total. The number of carbonyl (C=O) groups is 1. The normalized spacial score (nSPS) is 11.5. The van der Waals surface area contributed by atoms with E-state index in [0.29, 0.717) is 11.3 Å². The molecule has 0 fully saturated rings. The van der Waals surface area contributed by atoms with E-state index in [1.165, 1.54) is 16.8 Å². The summed E-state index contributed by atoms with van der Waals surface area (Å²) in [5.41, 5.74) is 3.66. The second-order valence-electron chi connectivity index (χ2n) is 6.10. The Hall–Kier alpha value is -3.13. The number of benzene rings is 2. The summed E-state index contributed by atoms with van der Waals surface area (Å²) in [4.78, 5) is 17.0. The van der Waals surface area contributed by atoms with E-state index in [9.17, 15) is 18.0 Å². The van der Waals surface area contributed by atoms with E-state index in [1.807, 2.05) is 19.1 Å². The smallest absolute Gasteiger partial charge is 0.274 e. The van der Waals surface area contributed by atoms with Crippen molar-refractivity contribution in [2.24, 2.45) is 0 Å². The molecule has 0 bridgehead atoms. The molecular formula is C20H18F3N3O2. The SMILES string of the molecule is CCONC(=O)c1cccc(-n2nc(C(F)(F)F)cc2-c2ccc(C)cc2)c1. The van der Waals surface area contributed by atoms with Crippen molar-refractivity contribution in [3.63, 3.8) is 0 Å². The number of aromatic nitrogens is 2. The first-order valence-electron chi connectivity index (χ1n) is 8.56. The van der Waals surface area contributed by atoms with Gasteiger partial charge in [0.05, 0.1) is 18.0 Å². The van der Waals surface area contributed by atoms with Gasteiger partial charge in [0.15, 0.2) is 5.69 Å². The third-order valence-corrected chi connectivity index (χ3v) is 4.01. The monoisotopic (exact) mass is 389 g/mol. The number of aryl methyl sites for hydroxylation is 1. The van der Waals surface area contributed by atoms with E-state index in [0.717, 1.165) is 11.6 Å². The van der Waals surface area contributed by atoms with E-state index in [4.69, 9.17) is 4.84 Å². The zero-order chi connectivity index (χ0) is 20.3. The fourth-order valence-electron chi connectivity index (χ4n) is 2.62. The molecule has 3 aromatic rings. The number of nitrogens with zero attached hydrogens (tertiary/aromatic N) is 2. The van der Waals surface area contributed by atoms with Gasteiger partial charge in [0.25, 0.3) is 5.91 Å². The van der Waals surface area contributed by atoms with Crippen LogP contribution in [-0.2, 0) is 11.0 Å². The van der Waals surface area contributed by atoms with Gasteiger partial charge in [-0.05, 0) is 38.1 Å². The van der Waals surface area contributed by atoms with Crippen molar-refractivity contribution in [2.75, 3.05) is 6.61 Å². The first kappa shape index (κ1) is 19.6. The zero-order valence-corrected chi connectivity index (χ0v) is 15.2. The van der Waals surface area contributed by atoms with Crippen LogP contribution in [0.4, 0.5) is 13.2 Å². The van der Waals surface area contributed by atoms with Crippen molar-refractivity contribution in [1.29, 1.82) is 0 Å². The van der Waals surface area contributed by atoms with Crippen LogP contribution in [-0.4, -0.2) is 22.3 Å². The first-order chi connectivity index (χ1) is 13.3. The molecule has 1 heterocycles. The van der Waals surface area contributed by atoms with E-state index in [2.05, 4.69) is 10.6 Å². The van der Waals surface area contributed by atoms with Crippen molar-refractivity contribution >= 4 is 5.91 Å². The van der Waals surface area contributed by atoms with Gasteiger partial charge >= 0.3 is 6.18 Å². The van der Waals surface area contributed by atoms with E-state index in [1.54, 1.807) is 31.2 Å². The predicted octanol–water partition coefficient (Wildman–Crippen LogP) is 4.55. The lowest BCUT2D eigenvalue weighted by atomic mass is 10.1. The molecular weight excluding hydrogens is 371 g/mol. The Morgan fingerprint density at radius 1 is 1.14 bits per heavy atom. The fourth-order valence-corrected chi connectivity index (χ4v) is 2.62. The molecule has 146 valence electrons. The number of hydrogen-bond acceptors (Lipinski definition) is 3. The maximum absolute atomic E-state index is 13.3. The van der Waals surface area contributed by atoms with Gasteiger partial charge in [0, 0.05) is 11.1 Å². The molecule has 0 aliphatic rings. The summed E-state index contributed by atoms with van der Waals surface area (Å²) >= 11 is 0. The molecule has 0 unspecified atom stereocenters. The lowest BCUT2D eigenvalue weighted by molar-refractivity contribution is -0.141. The van der Waals surface area contributed by atoms with Crippen LogP contribution >= 0.6 is 0 Å². The highest BCUT2D eigenvalue weighted by molar-refractivity contribution is 5.94. The topological polar surface area (TPSA) is 56.1 Å². The summed E-state index contributed by atoms with van der Waals surface area (Å²) in [6, 6.07) is 14.2. The van der Waals surface area contributed by atoms with Crippen molar-refractivity contribution in [1.82, 2.24) is 15.3 Å². The number of alkyl halides is 3. The Balaban J connectivity index is 2.09. The molecule has 0 spiro atoms. The molecule has 8 heteroatoms. The van der Waals surface area contributed by atoms with Crippen LogP contribution in [0.25, 0.3) is 16.9 Å². The highest BCUT2D eigenvalue weighted by Crippen LogP contribution is 2.33. The van der Waals surface area contributed by atoms with Crippen molar-refractivity contribution in [3.8, 4) is 16.9 Å². The Kier molecular flexibility index (Phi) is 5.51. The summed E-state index contributed by atoms with van der Waals surface area (Å²) in [7, 11) is 0. The van der Waals surface area contributed by atoms with Crippen LogP contribution in [0.15, 0.2) is 54.6 Å². The average Bonchev–Trinajstić information content (AvgIpc) is 3.12. The van der Waals surface area contributed by atoms with Gasteiger partial charge in [-0.25, -0.2) is 10.2 Å². The maximum atomic E-state index is 13.3. The molecule has 1 N–H and O–H groups in total. The predicted molar refractivity (Wildman–Crippen MR) is 97.8 cm³/mol. The van der Waals surface area contributed by atoms with Crippen molar-refractivity contribution in [3.05, 3.63) is 71.4 Å². The first-order valence-corrected chi connectivity index (χ1v) is 8.56. The molecule has 1 aromatic heterocycles. The number of amides is 1. The fraction of sp³-hybridized carbons (Fsp3) is 0.200. The third kappa shape index (κ3) is 4.23. The molecule has 0 saturated carbocycles. The summed E-state index contributed by atoms with van der Waals surface area (Å²) in [6.45, 7) is 3.90. The van der Waals surface area contributed by atoms with Gasteiger partial charge in [0.1, 0.15) is 0 Å². The highest BCUT2D eigenvalue weighted by Gasteiger charge is 2.35. The molecule has 0 atom stereocenters. The minimum Gasteiger partial charge on any atom is -0.274 e. The van der Waals surface area contributed by atoms with E-state index >= 15 is 0 Å². The van der Waals surface area contributed by atoms with Crippen LogP contribution in [0.3, 0.4) is 0 Å². The molecule has 2 aromatic carbocycles. The molecule has 28 heavy (non-hydrogen) atoms. The lowest BCUT2D eigenvalue weighted by Crippen LogP contribution is -2.23. The number of halogens is 3. The van der Waals surface area contributed by atoms with E-state index < -0.39 is 17.8 Å². The number of rotatable bonds is 5. The third-order valence-electron chi connectivity index (χ3n) is 4.01. The molecule has 0 radical (unpaired) electrons. The molecule has 0 saturated heterocycles. The van der Waals surface area contributed by atoms with Gasteiger partial charge < -0.3 is 0 Å². The van der Waals surface area contributed by atoms with Crippen molar-refractivity contribution < 1.29 is 22.8 Å². The average molecular weight is 389 g/mol. The highest BCUT2D eigenvalue weighted by atomic mass is 19.4.